The fraction of sp³-hybridized carbons (Fsp3) is 0.316. The monoisotopic (exact) mass is 397 g/mol. The van der Waals surface area contributed by atoms with Crippen molar-refractivity contribution in [1.82, 2.24) is 14.7 Å². The molecule has 25 heavy (non-hydrogen) atoms. The van der Waals surface area contributed by atoms with Crippen LogP contribution in [0.25, 0.3) is 10.6 Å². The minimum Gasteiger partial charge on any atom is -0.437 e. The van der Waals surface area contributed by atoms with Gasteiger partial charge in [-0.1, -0.05) is 46.3 Å². The van der Waals surface area contributed by atoms with Crippen molar-refractivity contribution in [2.24, 2.45) is 0 Å². The third-order valence-electron chi connectivity index (χ3n) is 5.17. The van der Waals surface area contributed by atoms with Crippen LogP contribution in [-0.4, -0.2) is 52.9 Å². The van der Waals surface area contributed by atoms with E-state index in [9.17, 15) is 5.02 Å². The van der Waals surface area contributed by atoms with Crippen LogP contribution >= 0.6 is 15.9 Å². The molecule has 1 atom stereocenters. The SMILES string of the molecule is CB(O)N1CCN([C@H]2c3ccccc3C(Br)=Cc3cccnc32)CC1. The maximum Gasteiger partial charge on any atom is 0.376 e. The second-order valence-electron chi connectivity index (χ2n) is 6.66. The highest BCUT2D eigenvalue weighted by atomic mass is 79.9. The Morgan fingerprint density at radius 3 is 2.64 bits per heavy atom. The number of hydrogen-bond acceptors (Lipinski definition) is 4. The van der Waals surface area contributed by atoms with E-state index in [4.69, 9.17) is 4.98 Å². The third kappa shape index (κ3) is 3.20. The van der Waals surface area contributed by atoms with Crippen LogP contribution in [0.5, 0.6) is 0 Å². The molecule has 1 fully saturated rings. The standard InChI is InChI=1S/C19H21BBrN3O/c1-20(25)24-11-9-23(10-12-24)19-16-7-3-2-6-15(16)17(21)13-14-5-4-8-22-18(14)19/h2-8,13,19,25H,9-12H2,1H3/t19-/m0/s1. The molecule has 1 N–H and O–H groups in total. The Bertz CT molecular complexity index is 803. The zero-order chi connectivity index (χ0) is 17.4. The molecule has 2 aliphatic rings. The van der Waals surface area contributed by atoms with Gasteiger partial charge in [0, 0.05) is 36.9 Å². The molecule has 1 aliphatic carbocycles. The van der Waals surface area contributed by atoms with E-state index in [2.05, 4.69) is 62.0 Å². The molecule has 0 amide bonds. The molecule has 1 aromatic heterocycles. The molecule has 0 bridgehead atoms. The molecule has 6 heteroatoms. The average Bonchev–Trinajstić information content (AvgIpc) is 2.76. The van der Waals surface area contributed by atoms with Crippen molar-refractivity contribution in [3.63, 3.8) is 0 Å². The highest BCUT2D eigenvalue weighted by Crippen LogP contribution is 2.40. The normalized spacial score (nSPS) is 21.1. The summed E-state index contributed by atoms with van der Waals surface area (Å²) in [4.78, 5) is 9.36. The Morgan fingerprint density at radius 2 is 1.88 bits per heavy atom. The molecule has 1 aromatic carbocycles. The van der Waals surface area contributed by atoms with Gasteiger partial charge in [-0.15, -0.1) is 0 Å². The van der Waals surface area contributed by atoms with Crippen LogP contribution in [-0.2, 0) is 0 Å². The zero-order valence-corrected chi connectivity index (χ0v) is 15.9. The summed E-state index contributed by atoms with van der Waals surface area (Å²) in [5.41, 5.74) is 4.78. The van der Waals surface area contributed by atoms with Gasteiger partial charge < -0.3 is 9.83 Å². The predicted octanol–water partition coefficient (Wildman–Crippen LogP) is 3.11. The third-order valence-corrected chi connectivity index (χ3v) is 5.82. The predicted molar refractivity (Wildman–Crippen MR) is 106 cm³/mol. The molecular formula is C19H21BBrN3O. The van der Waals surface area contributed by atoms with Gasteiger partial charge >= 0.3 is 7.05 Å². The number of benzene rings is 1. The Kier molecular flexibility index (Phi) is 4.78. The van der Waals surface area contributed by atoms with Gasteiger partial charge in [-0.3, -0.25) is 9.88 Å². The van der Waals surface area contributed by atoms with Gasteiger partial charge in [-0.2, -0.15) is 0 Å². The topological polar surface area (TPSA) is 39.6 Å². The van der Waals surface area contributed by atoms with Gasteiger partial charge in [0.2, 0.25) is 0 Å². The summed E-state index contributed by atoms with van der Waals surface area (Å²) < 4.78 is 1.10. The lowest BCUT2D eigenvalue weighted by atomic mass is 9.84. The molecule has 4 nitrogen and oxygen atoms in total. The molecule has 4 rings (SSSR count). The number of piperazine rings is 1. The van der Waals surface area contributed by atoms with Crippen LogP contribution in [0.3, 0.4) is 0 Å². The molecule has 0 radical (unpaired) electrons. The summed E-state index contributed by atoms with van der Waals surface area (Å²) in [7, 11) is -0.384. The van der Waals surface area contributed by atoms with Gasteiger partial charge in [-0.25, -0.2) is 0 Å². The maximum absolute atomic E-state index is 9.85. The lowest BCUT2D eigenvalue weighted by Crippen LogP contribution is -2.52. The van der Waals surface area contributed by atoms with E-state index in [0.29, 0.717) is 0 Å². The lowest BCUT2D eigenvalue weighted by molar-refractivity contribution is 0.144. The van der Waals surface area contributed by atoms with Gasteiger partial charge in [0.15, 0.2) is 0 Å². The first-order valence-corrected chi connectivity index (χ1v) is 9.52. The van der Waals surface area contributed by atoms with Crippen molar-refractivity contribution in [2.75, 3.05) is 26.2 Å². The van der Waals surface area contributed by atoms with Crippen LogP contribution in [0.15, 0.2) is 42.6 Å². The van der Waals surface area contributed by atoms with E-state index in [1.165, 1.54) is 11.1 Å². The summed E-state index contributed by atoms with van der Waals surface area (Å²) in [5, 5.41) is 9.85. The second kappa shape index (κ2) is 7.04. The minimum absolute atomic E-state index is 0.134. The number of nitrogens with zero attached hydrogens (tertiary/aromatic N) is 3. The fourth-order valence-electron chi connectivity index (χ4n) is 3.83. The number of halogens is 1. The highest BCUT2D eigenvalue weighted by Gasteiger charge is 2.33. The van der Waals surface area contributed by atoms with E-state index in [0.717, 1.165) is 41.9 Å². The Balaban J connectivity index is 1.77. The molecule has 1 aliphatic heterocycles. The highest BCUT2D eigenvalue weighted by molar-refractivity contribution is 9.15. The van der Waals surface area contributed by atoms with E-state index in [-0.39, 0.29) is 13.1 Å². The quantitative estimate of drug-likeness (QED) is 0.790. The van der Waals surface area contributed by atoms with Gasteiger partial charge in [0.25, 0.3) is 0 Å². The van der Waals surface area contributed by atoms with Crippen molar-refractivity contribution in [2.45, 2.75) is 12.9 Å². The Hall–Kier alpha value is -1.47. The van der Waals surface area contributed by atoms with Crippen molar-refractivity contribution in [3.05, 3.63) is 65.0 Å². The lowest BCUT2D eigenvalue weighted by Gasteiger charge is -2.40. The Labute approximate surface area is 157 Å². The summed E-state index contributed by atoms with van der Waals surface area (Å²) in [6.07, 6.45) is 4.06. The second-order valence-corrected chi connectivity index (χ2v) is 7.52. The van der Waals surface area contributed by atoms with Gasteiger partial charge in [0.05, 0.1) is 11.7 Å². The first-order chi connectivity index (χ1) is 12.1. The van der Waals surface area contributed by atoms with Gasteiger partial charge in [0.1, 0.15) is 0 Å². The fourth-order valence-corrected chi connectivity index (χ4v) is 4.44. The van der Waals surface area contributed by atoms with Crippen LogP contribution in [0.1, 0.15) is 28.4 Å². The molecule has 0 unspecified atom stereocenters. The maximum atomic E-state index is 9.85. The zero-order valence-electron chi connectivity index (χ0n) is 14.3. The summed E-state index contributed by atoms with van der Waals surface area (Å²) >= 11 is 3.76. The molecule has 0 saturated carbocycles. The molecule has 2 aromatic rings. The van der Waals surface area contributed by atoms with Crippen LogP contribution < -0.4 is 0 Å². The molecular weight excluding hydrogens is 377 g/mol. The molecule has 2 heterocycles. The molecule has 128 valence electrons. The van der Waals surface area contributed by atoms with Crippen molar-refractivity contribution >= 4 is 33.5 Å². The summed E-state index contributed by atoms with van der Waals surface area (Å²) in [5.74, 6) is 0. The number of fused-ring (bicyclic) bond motifs is 2. The Morgan fingerprint density at radius 1 is 1.12 bits per heavy atom. The van der Waals surface area contributed by atoms with Crippen molar-refractivity contribution in [3.8, 4) is 0 Å². The number of aromatic nitrogens is 1. The largest absolute Gasteiger partial charge is 0.437 e. The molecule has 0 spiro atoms. The minimum atomic E-state index is -0.384. The smallest absolute Gasteiger partial charge is 0.376 e. The van der Waals surface area contributed by atoms with E-state index < -0.39 is 0 Å². The first-order valence-electron chi connectivity index (χ1n) is 8.73. The molecule has 1 saturated heterocycles. The summed E-state index contributed by atoms with van der Waals surface area (Å²) in [6, 6.07) is 12.8. The number of rotatable bonds is 2. The van der Waals surface area contributed by atoms with Crippen molar-refractivity contribution < 1.29 is 5.02 Å². The van der Waals surface area contributed by atoms with Crippen LogP contribution in [0.2, 0.25) is 6.82 Å². The van der Waals surface area contributed by atoms with Crippen molar-refractivity contribution in [1.29, 1.82) is 0 Å². The van der Waals surface area contributed by atoms with Gasteiger partial charge in [-0.05, 0) is 35.7 Å². The van der Waals surface area contributed by atoms with Crippen LogP contribution in [0.4, 0.5) is 0 Å². The van der Waals surface area contributed by atoms with E-state index in [1.807, 2.05) is 19.1 Å². The van der Waals surface area contributed by atoms with E-state index in [1.54, 1.807) is 0 Å². The first kappa shape index (κ1) is 17.0. The number of pyridine rings is 1. The summed E-state index contributed by atoms with van der Waals surface area (Å²) in [6.45, 7) is 5.41. The van der Waals surface area contributed by atoms with Crippen LogP contribution in [0, 0.1) is 0 Å². The van der Waals surface area contributed by atoms with E-state index >= 15 is 0 Å². The number of hydrogen-bond donors (Lipinski definition) is 1. The average molecular weight is 398 g/mol.